The summed E-state index contributed by atoms with van der Waals surface area (Å²) < 4.78 is 24.6. The molecule has 7 nitrogen and oxygen atoms in total. The molecule has 2 aliphatic heterocycles. The average Bonchev–Trinajstić information content (AvgIpc) is 2.73. The van der Waals surface area contributed by atoms with Gasteiger partial charge in [0.25, 0.3) is 0 Å². The number of ether oxygens (including phenoxy) is 4. The van der Waals surface area contributed by atoms with Gasteiger partial charge in [0.05, 0.1) is 5.41 Å². The van der Waals surface area contributed by atoms with E-state index in [1.807, 2.05) is 13.8 Å². The standard InChI is InChI=1S/C28H42O7/c1-9-10-24(31)34-22-12-14-27(7)13-11-20(16(2)3)26(35-27)25-17(4)21(32-18(5)29)15-23(28(22,25)8)33-19(6)30/h11,13,16-17,21-23,25H,9-10,12,14-15H2,1-8H3/t17-,21-,22-,23+,25-,27+,28+/m1/s1. The Hall–Kier alpha value is -2.31. The summed E-state index contributed by atoms with van der Waals surface area (Å²) in [5.41, 5.74) is -0.251. The number of allylic oxidation sites excluding steroid dienone is 3. The first-order valence-corrected chi connectivity index (χ1v) is 13.0. The molecule has 3 aliphatic rings. The smallest absolute Gasteiger partial charge is 0.306 e. The number of hydrogen-bond acceptors (Lipinski definition) is 7. The highest BCUT2D eigenvalue weighted by Gasteiger charge is 2.62. The molecule has 3 rings (SSSR count). The first-order chi connectivity index (χ1) is 16.3. The average molecular weight is 491 g/mol. The molecule has 0 aromatic rings. The molecule has 0 aromatic carbocycles. The number of rotatable bonds is 6. The molecule has 1 aliphatic carbocycles. The zero-order chi connectivity index (χ0) is 26.1. The predicted octanol–water partition coefficient (Wildman–Crippen LogP) is 5.27. The van der Waals surface area contributed by atoms with Gasteiger partial charge in [-0.05, 0) is 43.8 Å². The Morgan fingerprint density at radius 3 is 2.31 bits per heavy atom. The molecule has 2 fully saturated rings. The highest BCUT2D eigenvalue weighted by molar-refractivity contribution is 5.69. The Morgan fingerprint density at radius 2 is 1.74 bits per heavy atom. The van der Waals surface area contributed by atoms with Gasteiger partial charge in [0.1, 0.15) is 29.7 Å². The fourth-order valence-electron chi connectivity index (χ4n) is 6.22. The Morgan fingerprint density at radius 1 is 1.09 bits per heavy atom. The first kappa shape index (κ1) is 27.3. The van der Waals surface area contributed by atoms with Crippen LogP contribution >= 0.6 is 0 Å². The molecule has 0 unspecified atom stereocenters. The highest BCUT2D eigenvalue weighted by Crippen LogP contribution is 2.57. The maximum absolute atomic E-state index is 12.8. The van der Waals surface area contributed by atoms with Crippen molar-refractivity contribution in [2.75, 3.05) is 0 Å². The number of carbonyl (C=O) groups is 3. The lowest BCUT2D eigenvalue weighted by Crippen LogP contribution is -2.62. The van der Waals surface area contributed by atoms with Gasteiger partial charge < -0.3 is 18.9 Å². The van der Waals surface area contributed by atoms with Crippen LogP contribution in [0.25, 0.3) is 0 Å². The van der Waals surface area contributed by atoms with Gasteiger partial charge in [-0.1, -0.05) is 40.7 Å². The van der Waals surface area contributed by atoms with E-state index in [2.05, 4.69) is 39.8 Å². The van der Waals surface area contributed by atoms with Crippen molar-refractivity contribution in [2.45, 2.75) is 111 Å². The molecule has 1 saturated carbocycles. The van der Waals surface area contributed by atoms with Crippen LogP contribution < -0.4 is 0 Å². The Balaban J connectivity index is 2.24. The van der Waals surface area contributed by atoms with Crippen LogP contribution in [0, 0.1) is 23.2 Å². The van der Waals surface area contributed by atoms with E-state index >= 15 is 0 Å². The monoisotopic (exact) mass is 490 g/mol. The normalized spacial score (nSPS) is 36.4. The van der Waals surface area contributed by atoms with E-state index in [1.165, 1.54) is 13.8 Å². The molecule has 1 saturated heterocycles. The van der Waals surface area contributed by atoms with Crippen LogP contribution in [0.15, 0.2) is 23.5 Å². The zero-order valence-corrected chi connectivity index (χ0v) is 22.5. The molecule has 0 radical (unpaired) electrons. The molecule has 7 atom stereocenters. The van der Waals surface area contributed by atoms with E-state index < -0.39 is 35.3 Å². The van der Waals surface area contributed by atoms with Crippen molar-refractivity contribution < 1.29 is 33.3 Å². The second-order valence-corrected chi connectivity index (χ2v) is 11.2. The van der Waals surface area contributed by atoms with Gasteiger partial charge in [0.15, 0.2) is 0 Å². The van der Waals surface area contributed by atoms with Crippen LogP contribution in [0.1, 0.15) is 87.5 Å². The van der Waals surface area contributed by atoms with Crippen molar-refractivity contribution in [3.63, 3.8) is 0 Å². The first-order valence-electron chi connectivity index (χ1n) is 13.0. The van der Waals surface area contributed by atoms with Gasteiger partial charge in [0, 0.05) is 38.5 Å². The molecule has 7 heteroatoms. The van der Waals surface area contributed by atoms with Gasteiger partial charge in [0.2, 0.25) is 0 Å². The minimum Gasteiger partial charge on any atom is -0.487 e. The number of hydrogen-bond donors (Lipinski definition) is 0. The number of fused-ring (bicyclic) bond motifs is 4. The van der Waals surface area contributed by atoms with Crippen LogP contribution in [0.4, 0.5) is 0 Å². The second-order valence-electron chi connectivity index (χ2n) is 11.2. The maximum Gasteiger partial charge on any atom is 0.306 e. The SMILES string of the molecule is CCCC(=O)O[C@@H]1CC[C@]2(C)C=CC(C(C)C)=C(O2)[C@H]2[C@H](C)[C@H](OC(C)=O)C[C@H](OC(C)=O)[C@]12C. The summed E-state index contributed by atoms with van der Waals surface area (Å²) in [6, 6.07) is 0. The molecule has 0 aromatic heterocycles. The summed E-state index contributed by atoms with van der Waals surface area (Å²) in [5, 5.41) is 0. The molecule has 196 valence electrons. The summed E-state index contributed by atoms with van der Waals surface area (Å²) in [6.45, 7) is 15.1. The van der Waals surface area contributed by atoms with Gasteiger partial charge in [-0.25, -0.2) is 0 Å². The van der Waals surface area contributed by atoms with Crippen LogP contribution in [0.3, 0.4) is 0 Å². The molecule has 0 spiro atoms. The fourth-order valence-corrected chi connectivity index (χ4v) is 6.22. The quantitative estimate of drug-likeness (QED) is 0.370. The van der Waals surface area contributed by atoms with E-state index in [-0.39, 0.29) is 29.7 Å². The number of esters is 3. The summed E-state index contributed by atoms with van der Waals surface area (Å²) in [6.07, 6.45) is 5.24. The summed E-state index contributed by atoms with van der Waals surface area (Å²) in [7, 11) is 0. The molecular formula is C28H42O7. The minimum atomic E-state index is -0.771. The molecule has 35 heavy (non-hydrogen) atoms. The third-order valence-electron chi connectivity index (χ3n) is 8.02. The van der Waals surface area contributed by atoms with E-state index in [0.717, 1.165) is 11.3 Å². The van der Waals surface area contributed by atoms with Crippen LogP contribution in [-0.2, 0) is 33.3 Å². The van der Waals surface area contributed by atoms with Crippen LogP contribution in [-0.4, -0.2) is 41.8 Å². The molecule has 0 N–H and O–H groups in total. The van der Waals surface area contributed by atoms with E-state index in [9.17, 15) is 14.4 Å². The fraction of sp³-hybridized carbons (Fsp3) is 0.750. The van der Waals surface area contributed by atoms with Crippen molar-refractivity contribution in [3.8, 4) is 0 Å². The predicted molar refractivity (Wildman–Crippen MR) is 131 cm³/mol. The third kappa shape index (κ3) is 5.44. The lowest BCUT2D eigenvalue weighted by atomic mass is 9.55. The van der Waals surface area contributed by atoms with Gasteiger partial charge in [-0.15, -0.1) is 0 Å². The van der Waals surface area contributed by atoms with Crippen molar-refractivity contribution in [3.05, 3.63) is 23.5 Å². The molecular weight excluding hydrogens is 448 g/mol. The maximum atomic E-state index is 12.8. The lowest BCUT2D eigenvalue weighted by Gasteiger charge is -2.57. The summed E-state index contributed by atoms with van der Waals surface area (Å²) in [4.78, 5) is 37.1. The Kier molecular flexibility index (Phi) is 8.07. The third-order valence-corrected chi connectivity index (χ3v) is 8.02. The molecule has 2 bridgehead atoms. The largest absolute Gasteiger partial charge is 0.487 e. The summed E-state index contributed by atoms with van der Waals surface area (Å²) >= 11 is 0. The minimum absolute atomic E-state index is 0.152. The van der Waals surface area contributed by atoms with Gasteiger partial charge in [-0.2, -0.15) is 0 Å². The number of carbonyl (C=O) groups excluding carboxylic acids is 3. The van der Waals surface area contributed by atoms with Gasteiger partial charge in [-0.3, -0.25) is 14.4 Å². The topological polar surface area (TPSA) is 88.1 Å². The molecule has 0 amide bonds. The van der Waals surface area contributed by atoms with Crippen LogP contribution in [0.5, 0.6) is 0 Å². The Labute approximate surface area is 209 Å². The van der Waals surface area contributed by atoms with Gasteiger partial charge >= 0.3 is 17.9 Å². The van der Waals surface area contributed by atoms with Crippen molar-refractivity contribution in [1.82, 2.24) is 0 Å². The van der Waals surface area contributed by atoms with E-state index in [0.29, 0.717) is 32.1 Å². The van der Waals surface area contributed by atoms with Crippen LogP contribution in [0.2, 0.25) is 0 Å². The zero-order valence-electron chi connectivity index (χ0n) is 22.5. The van der Waals surface area contributed by atoms with E-state index in [1.54, 1.807) is 0 Å². The van der Waals surface area contributed by atoms with E-state index in [4.69, 9.17) is 18.9 Å². The van der Waals surface area contributed by atoms with Crippen molar-refractivity contribution in [1.29, 1.82) is 0 Å². The van der Waals surface area contributed by atoms with Crippen molar-refractivity contribution >= 4 is 17.9 Å². The van der Waals surface area contributed by atoms with Crippen molar-refractivity contribution in [2.24, 2.45) is 23.2 Å². The highest BCUT2D eigenvalue weighted by atomic mass is 16.6. The summed E-state index contributed by atoms with van der Waals surface area (Å²) in [5.74, 6) is -0.490. The second kappa shape index (κ2) is 10.4. The lowest BCUT2D eigenvalue weighted by molar-refractivity contribution is -0.218. The molecule has 2 heterocycles. The Bertz CT molecular complexity index is 903.